The van der Waals surface area contributed by atoms with Gasteiger partial charge in [-0.1, -0.05) is 33.8 Å². The molecule has 2 saturated heterocycles. The van der Waals surface area contributed by atoms with Crippen molar-refractivity contribution < 1.29 is 42.5 Å². The fourth-order valence-electron chi connectivity index (χ4n) is 10.5. The number of alkyl carbamates (subject to hydrolysis) is 2. The van der Waals surface area contributed by atoms with Gasteiger partial charge in [-0.25, -0.2) is 23.9 Å². The maximum absolute atomic E-state index is 17.0. The Morgan fingerprint density at radius 3 is 1.96 bits per heavy atom. The molecule has 0 saturated carbocycles. The van der Waals surface area contributed by atoms with Crippen LogP contribution in [0.4, 0.5) is 14.0 Å². The average molecular weight is 956 g/mol. The maximum atomic E-state index is 17.0. The monoisotopic (exact) mass is 955 g/mol. The summed E-state index contributed by atoms with van der Waals surface area (Å²) in [7, 11) is 2.54. The van der Waals surface area contributed by atoms with Crippen molar-refractivity contribution in [2.24, 2.45) is 11.8 Å². The number of carbonyl (C=O) groups excluding carboxylic acids is 4. The molecule has 18 heteroatoms. The first-order valence-electron chi connectivity index (χ1n) is 24.1. The van der Waals surface area contributed by atoms with Crippen LogP contribution >= 0.6 is 0 Å². The van der Waals surface area contributed by atoms with Gasteiger partial charge in [0.15, 0.2) is 0 Å². The van der Waals surface area contributed by atoms with Crippen LogP contribution in [0.3, 0.4) is 0 Å². The van der Waals surface area contributed by atoms with Crippen molar-refractivity contribution in [3.05, 3.63) is 95.6 Å². The van der Waals surface area contributed by atoms with Gasteiger partial charge in [0, 0.05) is 35.2 Å². The molecule has 4 aliphatic rings. The molecular weight excluding hydrogens is 898 g/mol. The molecule has 0 spiro atoms. The second kappa shape index (κ2) is 18.8. The van der Waals surface area contributed by atoms with E-state index in [1.807, 2.05) is 74.7 Å². The number of rotatable bonds is 11. The van der Waals surface area contributed by atoms with E-state index in [-0.39, 0.29) is 35.7 Å². The summed E-state index contributed by atoms with van der Waals surface area (Å²) < 4.78 is 41.6. The van der Waals surface area contributed by atoms with Gasteiger partial charge in [0.1, 0.15) is 41.0 Å². The number of amides is 4. The zero-order valence-corrected chi connectivity index (χ0v) is 40.1. The van der Waals surface area contributed by atoms with Gasteiger partial charge < -0.3 is 53.9 Å². The summed E-state index contributed by atoms with van der Waals surface area (Å²) in [6.07, 6.45) is 6.12. The van der Waals surface area contributed by atoms with E-state index >= 15 is 4.39 Å². The molecule has 17 nitrogen and oxygen atoms in total. The predicted octanol–water partition coefficient (Wildman–Crippen LogP) is 8.58. The smallest absolute Gasteiger partial charge is 0.407 e. The fraction of sp³-hybridized carbons (Fsp3) is 0.423. The molecule has 366 valence electrons. The summed E-state index contributed by atoms with van der Waals surface area (Å²) in [5, 5.41) is 6.25. The number of carbonyl (C=O) groups is 4. The Balaban J connectivity index is 0.981. The third kappa shape index (κ3) is 8.46. The molecule has 0 bridgehead atoms. The molecule has 7 heterocycles. The van der Waals surface area contributed by atoms with Crippen molar-refractivity contribution in [3.8, 4) is 45.3 Å². The van der Waals surface area contributed by atoms with E-state index < -0.39 is 36.3 Å². The number of nitrogens with zero attached hydrogens (tertiary/aromatic N) is 5. The number of aromatic nitrogens is 5. The third-order valence-corrected chi connectivity index (χ3v) is 14.1. The normalized spacial score (nSPS) is 19.2. The van der Waals surface area contributed by atoms with Crippen LogP contribution in [0.2, 0.25) is 0 Å². The van der Waals surface area contributed by atoms with Crippen molar-refractivity contribution in [2.75, 3.05) is 33.9 Å². The van der Waals surface area contributed by atoms with Crippen LogP contribution in [0, 0.1) is 17.7 Å². The quantitative estimate of drug-likeness (QED) is 0.0976. The van der Waals surface area contributed by atoms with Gasteiger partial charge >= 0.3 is 12.2 Å². The molecule has 0 unspecified atom stereocenters. The number of hydrogen-bond acceptors (Lipinski definition) is 10. The van der Waals surface area contributed by atoms with Crippen LogP contribution in [0.25, 0.3) is 44.7 Å². The summed E-state index contributed by atoms with van der Waals surface area (Å²) in [5.74, 6) is 1.21. The van der Waals surface area contributed by atoms with E-state index in [1.54, 1.807) is 22.2 Å². The summed E-state index contributed by atoms with van der Waals surface area (Å²) in [4.78, 5) is 71.9. The molecule has 2 fully saturated rings. The summed E-state index contributed by atoms with van der Waals surface area (Å²) >= 11 is 0. The maximum Gasteiger partial charge on any atom is 0.407 e. The minimum Gasteiger partial charge on any atom is -0.493 e. The number of fused-ring (bicyclic) bond motifs is 6. The van der Waals surface area contributed by atoms with Gasteiger partial charge in [-0.3, -0.25) is 9.59 Å². The number of methoxy groups -OCH3 is 2. The Labute approximate surface area is 404 Å². The second-order valence-corrected chi connectivity index (χ2v) is 19.3. The lowest BCUT2D eigenvalue weighted by molar-refractivity contribution is -0.136. The summed E-state index contributed by atoms with van der Waals surface area (Å²) in [6.45, 7) is 9.21. The number of H-pyrrole nitrogens is 2. The molecule has 3 aromatic heterocycles. The number of nitrogens with one attached hydrogen (secondary N) is 4. The number of halogens is 1. The second-order valence-electron chi connectivity index (χ2n) is 19.3. The Morgan fingerprint density at radius 1 is 0.743 bits per heavy atom. The van der Waals surface area contributed by atoms with Crippen molar-refractivity contribution in [1.29, 1.82) is 0 Å². The summed E-state index contributed by atoms with van der Waals surface area (Å²) in [5.41, 5.74) is 6.48. The van der Waals surface area contributed by atoms with Crippen LogP contribution in [-0.2, 0) is 25.5 Å². The number of aryl methyl sites for hydroxylation is 1. The number of ether oxygens (including phenoxy) is 4. The van der Waals surface area contributed by atoms with Gasteiger partial charge in [0.2, 0.25) is 18.0 Å². The lowest BCUT2D eigenvalue weighted by Gasteiger charge is -2.31. The zero-order valence-electron chi connectivity index (χ0n) is 40.1. The molecule has 5 atom stereocenters. The first kappa shape index (κ1) is 46.4. The molecule has 4 amide bonds. The third-order valence-electron chi connectivity index (χ3n) is 14.1. The van der Waals surface area contributed by atoms with Crippen LogP contribution in [0.15, 0.2) is 67.0 Å². The topological polar surface area (TPSA) is 198 Å². The SMILES string of the molecule is COC(=O)N[C@H](C(=O)N1CCC[C@H]1c1ncc(-c2cc(F)c3c(c2)O[C@@H](c2ccc4c(c2)CCCO4)n2c-3cc3cc(-c4cnc([C@@H]5CCCN5C(=O)[C@@H](NC(=O)OC)C(C)C)[nH]4)ccc32)[nH]1)C(C)C. The Hall–Kier alpha value is -7.37. The number of aromatic amines is 2. The minimum absolute atomic E-state index is 0.158. The average Bonchev–Trinajstić information content (AvgIpc) is 4.23. The van der Waals surface area contributed by atoms with Crippen molar-refractivity contribution >= 4 is 34.9 Å². The molecule has 0 radical (unpaired) electrons. The molecule has 3 aromatic carbocycles. The highest BCUT2D eigenvalue weighted by Gasteiger charge is 2.40. The molecule has 10 rings (SSSR count). The molecule has 0 aliphatic carbocycles. The van der Waals surface area contributed by atoms with E-state index in [0.29, 0.717) is 72.5 Å². The molecule has 4 aliphatic heterocycles. The fourth-order valence-corrected chi connectivity index (χ4v) is 10.5. The first-order valence-corrected chi connectivity index (χ1v) is 24.1. The molecule has 70 heavy (non-hydrogen) atoms. The number of imidazole rings is 2. The van der Waals surface area contributed by atoms with E-state index in [4.69, 9.17) is 28.9 Å². The predicted molar refractivity (Wildman–Crippen MR) is 257 cm³/mol. The Kier molecular flexibility index (Phi) is 12.5. The minimum atomic E-state index is -0.778. The largest absolute Gasteiger partial charge is 0.493 e. The highest BCUT2D eigenvalue weighted by atomic mass is 19.1. The van der Waals surface area contributed by atoms with Crippen molar-refractivity contribution in [3.63, 3.8) is 0 Å². The van der Waals surface area contributed by atoms with E-state index in [9.17, 15) is 19.2 Å². The van der Waals surface area contributed by atoms with E-state index in [2.05, 4.69) is 26.7 Å². The zero-order chi connectivity index (χ0) is 49.0. The Morgan fingerprint density at radius 2 is 1.36 bits per heavy atom. The van der Waals surface area contributed by atoms with Gasteiger partial charge in [-0.05, 0) is 104 Å². The van der Waals surface area contributed by atoms with E-state index in [0.717, 1.165) is 64.7 Å². The van der Waals surface area contributed by atoms with Gasteiger partial charge in [-0.2, -0.15) is 0 Å². The van der Waals surface area contributed by atoms with Crippen LogP contribution < -0.4 is 20.1 Å². The highest BCUT2D eigenvalue weighted by Crippen LogP contribution is 2.48. The Bertz CT molecular complexity index is 3000. The number of benzene rings is 3. The van der Waals surface area contributed by atoms with Gasteiger partial charge in [0.25, 0.3) is 0 Å². The lowest BCUT2D eigenvalue weighted by Crippen LogP contribution is -2.51. The number of hydrogen-bond donors (Lipinski definition) is 4. The standard InChI is InChI=1S/C52H58FN9O8/c1-27(2)44(58-51(65)67-5)48(63)60-17-7-11-38(60)46-54-25-35(56-46)29-13-15-37-33(20-29)23-40-43-34(53)22-32(24-42(43)70-50(62(37)40)31-14-16-41-30(21-31)10-9-19-69-41)36-26-55-47(57-36)39-12-8-18-61(39)49(64)45(28(3)4)59-52(66)68-6/h13-16,20-28,38-39,44-45,50H,7-12,17-19H2,1-6H3,(H,54,56)(H,55,57)(H,58,65)(H,59,66)/t38-,39-,44-,45-,50-/m0/s1. The van der Waals surface area contributed by atoms with Crippen molar-refractivity contribution in [1.82, 2.24) is 44.9 Å². The first-order chi connectivity index (χ1) is 33.8. The molecule has 4 N–H and O–H groups in total. The van der Waals surface area contributed by atoms with Crippen molar-refractivity contribution in [2.45, 2.75) is 96.6 Å². The van der Waals surface area contributed by atoms with Crippen LogP contribution in [-0.4, -0.2) is 104 Å². The molecule has 6 aromatic rings. The number of likely N-dealkylation sites (tertiary alicyclic amines) is 2. The lowest BCUT2D eigenvalue weighted by atomic mass is 10.00. The highest BCUT2D eigenvalue weighted by molar-refractivity contribution is 5.93. The van der Waals surface area contributed by atoms with Crippen LogP contribution in [0.5, 0.6) is 11.5 Å². The van der Waals surface area contributed by atoms with Crippen LogP contribution in [0.1, 0.15) is 101 Å². The van der Waals surface area contributed by atoms with Gasteiger partial charge in [-0.15, -0.1) is 0 Å². The van der Waals surface area contributed by atoms with E-state index in [1.165, 1.54) is 20.3 Å². The molecular formula is C52H58FN9O8. The van der Waals surface area contributed by atoms with Gasteiger partial charge in [0.05, 0.1) is 73.5 Å². The summed E-state index contributed by atoms with van der Waals surface area (Å²) in [6, 6.07) is 15.3.